The minimum Gasteiger partial charge on any atom is -0.497 e. The molecule has 4 rings (SSSR count). The highest BCUT2D eigenvalue weighted by Crippen LogP contribution is 2.33. The van der Waals surface area contributed by atoms with E-state index >= 15 is 0 Å². The first-order valence-electron chi connectivity index (χ1n) is 11.0. The summed E-state index contributed by atoms with van der Waals surface area (Å²) in [6.07, 6.45) is 3.27. The van der Waals surface area contributed by atoms with E-state index in [0.29, 0.717) is 13.0 Å². The van der Waals surface area contributed by atoms with Crippen molar-refractivity contribution in [2.24, 2.45) is 0 Å². The van der Waals surface area contributed by atoms with E-state index in [1.54, 1.807) is 7.11 Å². The van der Waals surface area contributed by atoms with Gasteiger partial charge in [-0.25, -0.2) is 9.97 Å². The Kier molecular flexibility index (Phi) is 6.56. The SMILES string of the molecule is CNc1nc([C@@H]2CCCN2C(=O)CCN(C)c2ccc(OC)cc2)nc2c1CNCC2. The summed E-state index contributed by atoms with van der Waals surface area (Å²) in [5, 5.41) is 6.60. The van der Waals surface area contributed by atoms with Crippen LogP contribution in [0.25, 0.3) is 0 Å². The van der Waals surface area contributed by atoms with E-state index in [1.807, 2.05) is 43.3 Å². The number of hydrogen-bond donors (Lipinski definition) is 2. The fourth-order valence-corrected chi connectivity index (χ4v) is 4.42. The molecule has 8 nitrogen and oxygen atoms in total. The number of hydrogen-bond acceptors (Lipinski definition) is 7. The molecule has 0 bridgehead atoms. The summed E-state index contributed by atoms with van der Waals surface area (Å²) in [5.74, 6) is 2.65. The topological polar surface area (TPSA) is 82.6 Å². The number of fused-ring (bicyclic) bond motifs is 1. The van der Waals surface area contributed by atoms with Crippen molar-refractivity contribution in [3.8, 4) is 5.75 Å². The van der Waals surface area contributed by atoms with Gasteiger partial charge in [0.2, 0.25) is 5.91 Å². The zero-order chi connectivity index (χ0) is 21.8. The number of carbonyl (C=O) groups is 1. The third-order valence-corrected chi connectivity index (χ3v) is 6.23. The highest BCUT2D eigenvalue weighted by molar-refractivity contribution is 5.77. The molecule has 0 spiro atoms. The van der Waals surface area contributed by atoms with Gasteiger partial charge in [-0.15, -0.1) is 0 Å². The molecule has 1 saturated heterocycles. The van der Waals surface area contributed by atoms with Crippen molar-refractivity contribution in [3.05, 3.63) is 41.3 Å². The maximum Gasteiger partial charge on any atom is 0.224 e. The summed E-state index contributed by atoms with van der Waals surface area (Å²) in [5.41, 5.74) is 3.32. The summed E-state index contributed by atoms with van der Waals surface area (Å²) in [6, 6.07) is 7.86. The van der Waals surface area contributed by atoms with E-state index in [9.17, 15) is 4.79 Å². The van der Waals surface area contributed by atoms with Crippen molar-refractivity contribution in [2.75, 3.05) is 51.1 Å². The van der Waals surface area contributed by atoms with Crippen LogP contribution in [-0.2, 0) is 17.8 Å². The molecule has 0 saturated carbocycles. The van der Waals surface area contributed by atoms with Crippen LogP contribution in [0.5, 0.6) is 5.75 Å². The predicted octanol–water partition coefficient (Wildman–Crippen LogP) is 2.36. The van der Waals surface area contributed by atoms with Crippen molar-refractivity contribution in [2.45, 2.75) is 38.3 Å². The number of benzene rings is 1. The van der Waals surface area contributed by atoms with E-state index < -0.39 is 0 Å². The molecule has 31 heavy (non-hydrogen) atoms. The molecule has 1 aromatic heterocycles. The van der Waals surface area contributed by atoms with Crippen LogP contribution in [0.3, 0.4) is 0 Å². The van der Waals surface area contributed by atoms with E-state index in [0.717, 1.165) is 73.2 Å². The number of carbonyl (C=O) groups excluding carboxylic acids is 1. The van der Waals surface area contributed by atoms with Crippen LogP contribution in [0.15, 0.2) is 24.3 Å². The largest absolute Gasteiger partial charge is 0.497 e. The Balaban J connectivity index is 1.43. The van der Waals surface area contributed by atoms with Gasteiger partial charge in [-0.3, -0.25) is 4.79 Å². The van der Waals surface area contributed by atoms with Gasteiger partial charge in [0.05, 0.1) is 18.8 Å². The smallest absolute Gasteiger partial charge is 0.224 e. The fourth-order valence-electron chi connectivity index (χ4n) is 4.42. The van der Waals surface area contributed by atoms with Crippen molar-refractivity contribution in [3.63, 3.8) is 0 Å². The summed E-state index contributed by atoms with van der Waals surface area (Å²) < 4.78 is 5.22. The Bertz CT molecular complexity index is 900. The Labute approximate surface area is 184 Å². The van der Waals surface area contributed by atoms with Gasteiger partial charge < -0.3 is 25.2 Å². The van der Waals surface area contributed by atoms with Crippen molar-refractivity contribution < 1.29 is 9.53 Å². The van der Waals surface area contributed by atoms with Crippen LogP contribution in [0.1, 0.15) is 42.4 Å². The summed E-state index contributed by atoms with van der Waals surface area (Å²) in [7, 11) is 5.57. The lowest BCUT2D eigenvalue weighted by molar-refractivity contribution is -0.132. The van der Waals surface area contributed by atoms with Crippen LogP contribution < -0.4 is 20.3 Å². The van der Waals surface area contributed by atoms with Crippen LogP contribution in [0.4, 0.5) is 11.5 Å². The summed E-state index contributed by atoms with van der Waals surface area (Å²) in [6.45, 7) is 3.15. The number of rotatable bonds is 7. The highest BCUT2D eigenvalue weighted by atomic mass is 16.5. The van der Waals surface area contributed by atoms with Gasteiger partial charge in [0.25, 0.3) is 0 Å². The molecule has 2 aliphatic heterocycles. The van der Waals surface area contributed by atoms with Crippen molar-refractivity contribution >= 4 is 17.4 Å². The van der Waals surface area contributed by atoms with Crippen LogP contribution in [0.2, 0.25) is 0 Å². The minimum atomic E-state index is -0.0360. The molecule has 0 unspecified atom stereocenters. The Hall–Kier alpha value is -2.87. The molecule has 1 atom stereocenters. The standard InChI is InChI=1S/C23H32N6O2/c1-24-22-18-15-25-12-10-19(18)26-23(27-22)20-5-4-13-29(20)21(30)11-14-28(2)16-6-8-17(31-3)9-7-16/h6-9,20,25H,4-5,10-15H2,1-3H3,(H,24,26,27)/t20-/m0/s1. The monoisotopic (exact) mass is 424 g/mol. The fraction of sp³-hybridized carbons (Fsp3) is 0.522. The number of amides is 1. The molecule has 166 valence electrons. The van der Waals surface area contributed by atoms with Gasteiger partial charge in [0, 0.05) is 64.4 Å². The quantitative estimate of drug-likeness (QED) is 0.706. The molecule has 2 N–H and O–H groups in total. The molecule has 2 aromatic rings. The Morgan fingerprint density at radius 1 is 1.32 bits per heavy atom. The lowest BCUT2D eigenvalue weighted by Crippen LogP contribution is -2.35. The van der Waals surface area contributed by atoms with Gasteiger partial charge in [0.15, 0.2) is 5.82 Å². The lowest BCUT2D eigenvalue weighted by Gasteiger charge is -2.27. The molecular weight excluding hydrogens is 392 g/mol. The third-order valence-electron chi connectivity index (χ3n) is 6.23. The minimum absolute atomic E-state index is 0.0360. The first-order valence-corrected chi connectivity index (χ1v) is 11.0. The zero-order valence-electron chi connectivity index (χ0n) is 18.6. The van der Waals surface area contributed by atoms with Crippen LogP contribution in [-0.4, -0.2) is 61.6 Å². The Morgan fingerprint density at radius 3 is 2.87 bits per heavy atom. The maximum absolute atomic E-state index is 13.1. The summed E-state index contributed by atoms with van der Waals surface area (Å²) >= 11 is 0. The second-order valence-corrected chi connectivity index (χ2v) is 8.15. The average Bonchev–Trinajstić information content (AvgIpc) is 3.31. The molecule has 0 aliphatic carbocycles. The predicted molar refractivity (Wildman–Crippen MR) is 122 cm³/mol. The van der Waals surface area contributed by atoms with Gasteiger partial charge in [-0.05, 0) is 37.1 Å². The number of anilines is 2. The molecule has 8 heteroatoms. The maximum atomic E-state index is 13.1. The van der Waals surface area contributed by atoms with E-state index in [4.69, 9.17) is 14.7 Å². The molecule has 1 fully saturated rings. The van der Waals surface area contributed by atoms with Gasteiger partial charge in [-0.1, -0.05) is 0 Å². The van der Waals surface area contributed by atoms with Gasteiger partial charge in [-0.2, -0.15) is 0 Å². The normalized spacial score (nSPS) is 17.9. The second-order valence-electron chi connectivity index (χ2n) is 8.15. The lowest BCUT2D eigenvalue weighted by atomic mass is 10.1. The van der Waals surface area contributed by atoms with E-state index in [2.05, 4.69) is 15.5 Å². The van der Waals surface area contributed by atoms with Crippen LogP contribution >= 0.6 is 0 Å². The number of nitrogens with zero attached hydrogens (tertiary/aromatic N) is 4. The number of methoxy groups -OCH3 is 1. The van der Waals surface area contributed by atoms with Gasteiger partial charge in [0.1, 0.15) is 11.6 Å². The molecule has 0 radical (unpaired) electrons. The molecule has 1 amide bonds. The molecule has 1 aromatic carbocycles. The first kappa shape index (κ1) is 21.4. The average molecular weight is 425 g/mol. The number of aromatic nitrogens is 2. The second kappa shape index (κ2) is 9.51. The van der Waals surface area contributed by atoms with E-state index in [1.165, 1.54) is 0 Å². The summed E-state index contributed by atoms with van der Waals surface area (Å²) in [4.78, 5) is 26.9. The zero-order valence-corrected chi connectivity index (χ0v) is 18.6. The highest BCUT2D eigenvalue weighted by Gasteiger charge is 2.33. The first-order chi connectivity index (χ1) is 15.1. The number of likely N-dealkylation sites (tertiary alicyclic amines) is 1. The van der Waals surface area contributed by atoms with E-state index in [-0.39, 0.29) is 11.9 Å². The van der Waals surface area contributed by atoms with Crippen molar-refractivity contribution in [1.29, 1.82) is 0 Å². The van der Waals surface area contributed by atoms with Crippen molar-refractivity contribution in [1.82, 2.24) is 20.2 Å². The number of nitrogens with one attached hydrogen (secondary N) is 2. The Morgan fingerprint density at radius 2 is 2.13 bits per heavy atom. The molecule has 2 aliphatic rings. The number of ether oxygens (including phenoxy) is 1. The van der Waals surface area contributed by atoms with Crippen LogP contribution in [0, 0.1) is 0 Å². The van der Waals surface area contributed by atoms with Gasteiger partial charge >= 0.3 is 0 Å². The third kappa shape index (κ3) is 4.58. The molecular formula is C23H32N6O2. The molecule has 3 heterocycles.